The number of aromatic nitrogens is 4. The summed E-state index contributed by atoms with van der Waals surface area (Å²) in [5, 5.41) is 12.5. The van der Waals surface area contributed by atoms with Crippen molar-refractivity contribution in [2.24, 2.45) is 0 Å². The van der Waals surface area contributed by atoms with E-state index in [-0.39, 0.29) is 5.91 Å². The van der Waals surface area contributed by atoms with Crippen molar-refractivity contribution >= 4 is 46.6 Å². The molecule has 1 aromatic carbocycles. The monoisotopic (exact) mass is 421 g/mol. The first-order chi connectivity index (χ1) is 13.0. The van der Waals surface area contributed by atoms with Gasteiger partial charge in [-0.05, 0) is 44.2 Å². The Hall–Kier alpha value is -2.09. The Morgan fingerprint density at radius 3 is 2.67 bits per heavy atom. The topological polar surface area (TPSA) is 72.7 Å². The van der Waals surface area contributed by atoms with Gasteiger partial charge in [0, 0.05) is 29.5 Å². The fraction of sp³-hybridized carbons (Fsp3) is 0.222. The highest BCUT2D eigenvalue weighted by Gasteiger charge is 2.21. The molecule has 0 aliphatic carbocycles. The lowest BCUT2D eigenvalue weighted by atomic mass is 10.2. The summed E-state index contributed by atoms with van der Waals surface area (Å²) >= 11 is 13.4. The molecular weight excluding hydrogens is 405 g/mol. The summed E-state index contributed by atoms with van der Waals surface area (Å²) in [4.78, 5) is 16.6. The number of carbonyl (C=O) groups is 1. The van der Waals surface area contributed by atoms with Crippen molar-refractivity contribution < 1.29 is 4.79 Å². The van der Waals surface area contributed by atoms with Crippen LogP contribution in [0.1, 0.15) is 13.8 Å². The van der Waals surface area contributed by atoms with Gasteiger partial charge in [0.2, 0.25) is 5.91 Å². The van der Waals surface area contributed by atoms with Gasteiger partial charge in [0.05, 0.1) is 16.0 Å². The minimum absolute atomic E-state index is 0.194. The van der Waals surface area contributed by atoms with E-state index >= 15 is 0 Å². The van der Waals surface area contributed by atoms with Crippen molar-refractivity contribution in [1.29, 1.82) is 0 Å². The summed E-state index contributed by atoms with van der Waals surface area (Å²) < 4.78 is 1.97. The Labute approximate surface area is 171 Å². The van der Waals surface area contributed by atoms with Gasteiger partial charge in [0.15, 0.2) is 11.0 Å². The van der Waals surface area contributed by atoms with E-state index in [4.69, 9.17) is 23.2 Å². The van der Waals surface area contributed by atoms with E-state index in [0.717, 1.165) is 11.4 Å². The smallest absolute Gasteiger partial charge is 0.237 e. The van der Waals surface area contributed by atoms with Gasteiger partial charge in [-0.2, -0.15) is 0 Å². The Morgan fingerprint density at radius 1 is 1.22 bits per heavy atom. The Kier molecular flexibility index (Phi) is 6.36. The molecule has 27 heavy (non-hydrogen) atoms. The van der Waals surface area contributed by atoms with Crippen LogP contribution in [0.15, 0.2) is 47.9 Å². The van der Waals surface area contributed by atoms with E-state index in [1.54, 1.807) is 37.5 Å². The average Bonchev–Trinajstić information content (AvgIpc) is 3.07. The Bertz CT molecular complexity index is 948. The first kappa shape index (κ1) is 19.7. The van der Waals surface area contributed by atoms with Crippen molar-refractivity contribution in [2.45, 2.75) is 30.8 Å². The van der Waals surface area contributed by atoms with Gasteiger partial charge in [-0.25, -0.2) is 0 Å². The number of nitrogens with zero attached hydrogens (tertiary/aromatic N) is 4. The van der Waals surface area contributed by atoms with Gasteiger partial charge >= 0.3 is 0 Å². The van der Waals surface area contributed by atoms with Crippen LogP contribution in [-0.2, 0) is 11.3 Å². The van der Waals surface area contributed by atoms with Crippen LogP contribution >= 0.6 is 35.0 Å². The normalized spacial score (nSPS) is 12.0. The number of halogens is 2. The average molecular weight is 422 g/mol. The molecule has 0 saturated carbocycles. The molecule has 0 fully saturated rings. The molecule has 9 heteroatoms. The molecule has 1 N–H and O–H groups in total. The van der Waals surface area contributed by atoms with Crippen LogP contribution in [-0.4, -0.2) is 30.9 Å². The van der Waals surface area contributed by atoms with Gasteiger partial charge < -0.3 is 9.88 Å². The van der Waals surface area contributed by atoms with Gasteiger partial charge in [0.25, 0.3) is 0 Å². The van der Waals surface area contributed by atoms with Crippen LogP contribution in [0.25, 0.3) is 11.4 Å². The van der Waals surface area contributed by atoms with Crippen molar-refractivity contribution in [3.63, 3.8) is 0 Å². The summed E-state index contributed by atoms with van der Waals surface area (Å²) in [6.45, 7) is 4.50. The number of amides is 1. The lowest BCUT2D eigenvalue weighted by Crippen LogP contribution is -2.23. The summed E-state index contributed by atoms with van der Waals surface area (Å²) in [6, 6.07) is 8.69. The van der Waals surface area contributed by atoms with Gasteiger partial charge in [-0.15, -0.1) is 10.2 Å². The number of nitrogens with one attached hydrogen (secondary N) is 1. The molecule has 0 aliphatic heterocycles. The number of hydrogen-bond donors (Lipinski definition) is 1. The quantitative estimate of drug-likeness (QED) is 0.579. The molecule has 140 valence electrons. The highest BCUT2D eigenvalue weighted by molar-refractivity contribution is 8.00. The first-order valence-corrected chi connectivity index (χ1v) is 9.89. The van der Waals surface area contributed by atoms with Crippen molar-refractivity contribution in [1.82, 2.24) is 19.7 Å². The number of anilines is 1. The number of benzene rings is 1. The zero-order valence-electron chi connectivity index (χ0n) is 14.7. The lowest BCUT2D eigenvalue weighted by Gasteiger charge is -2.13. The number of hydrogen-bond acceptors (Lipinski definition) is 5. The van der Waals surface area contributed by atoms with Gasteiger partial charge in [-0.3, -0.25) is 9.78 Å². The summed E-state index contributed by atoms with van der Waals surface area (Å²) in [6.07, 6.45) is 3.42. The third-order valence-electron chi connectivity index (χ3n) is 3.81. The van der Waals surface area contributed by atoms with E-state index in [0.29, 0.717) is 27.4 Å². The van der Waals surface area contributed by atoms with Crippen LogP contribution in [0, 0.1) is 0 Å². The molecule has 2 aromatic heterocycles. The molecule has 1 amide bonds. The summed E-state index contributed by atoms with van der Waals surface area (Å²) in [5.74, 6) is 0.549. The Morgan fingerprint density at radius 2 is 1.96 bits per heavy atom. The number of thioether (sulfide) groups is 1. The zero-order valence-corrected chi connectivity index (χ0v) is 17.0. The molecule has 6 nitrogen and oxygen atoms in total. The van der Waals surface area contributed by atoms with Crippen molar-refractivity contribution in [3.8, 4) is 11.4 Å². The van der Waals surface area contributed by atoms with Crippen molar-refractivity contribution in [2.75, 3.05) is 5.32 Å². The third-order valence-corrected chi connectivity index (χ3v) is 5.45. The number of carbonyl (C=O) groups excluding carboxylic acids is 1. The largest absolute Gasteiger partial charge is 0.324 e. The molecule has 2 heterocycles. The third kappa shape index (κ3) is 4.61. The zero-order chi connectivity index (χ0) is 19.4. The fourth-order valence-corrected chi connectivity index (χ4v) is 3.66. The van der Waals surface area contributed by atoms with Crippen LogP contribution in [0.3, 0.4) is 0 Å². The molecule has 3 aromatic rings. The molecule has 0 bridgehead atoms. The summed E-state index contributed by atoms with van der Waals surface area (Å²) in [7, 11) is 0. The van der Waals surface area contributed by atoms with Crippen molar-refractivity contribution in [3.05, 3.63) is 52.8 Å². The minimum atomic E-state index is -0.403. The molecule has 0 saturated heterocycles. The van der Waals surface area contributed by atoms with E-state index in [1.807, 2.05) is 23.6 Å². The number of pyridine rings is 1. The second-order valence-electron chi connectivity index (χ2n) is 5.66. The minimum Gasteiger partial charge on any atom is -0.324 e. The van der Waals surface area contributed by atoms with E-state index in [9.17, 15) is 4.79 Å². The fourth-order valence-electron chi connectivity index (χ4n) is 2.41. The van der Waals surface area contributed by atoms with Gasteiger partial charge in [0.1, 0.15) is 0 Å². The highest BCUT2D eigenvalue weighted by atomic mass is 35.5. The molecule has 0 radical (unpaired) electrons. The second kappa shape index (κ2) is 8.73. The molecule has 3 rings (SSSR count). The standard InChI is InChI=1S/C18H17Cl2N5OS/c1-3-25-16(12-6-8-21-9-7-12)23-24-18(25)27-11(2)17(26)22-15-10-13(19)4-5-14(15)20/h4-11H,3H2,1-2H3,(H,22,26). The van der Waals surface area contributed by atoms with E-state index in [2.05, 4.69) is 20.5 Å². The molecular formula is C18H17Cl2N5OS. The first-order valence-electron chi connectivity index (χ1n) is 8.25. The van der Waals surface area contributed by atoms with Gasteiger partial charge in [-0.1, -0.05) is 35.0 Å². The molecule has 1 atom stereocenters. The summed E-state index contributed by atoms with van der Waals surface area (Å²) in [5.41, 5.74) is 1.41. The highest BCUT2D eigenvalue weighted by Crippen LogP contribution is 2.29. The predicted molar refractivity (Wildman–Crippen MR) is 109 cm³/mol. The van der Waals surface area contributed by atoms with E-state index in [1.165, 1.54) is 11.8 Å². The van der Waals surface area contributed by atoms with E-state index < -0.39 is 5.25 Å². The molecule has 0 aliphatic rings. The van der Waals surface area contributed by atoms with Crippen LogP contribution in [0.5, 0.6) is 0 Å². The second-order valence-corrected chi connectivity index (χ2v) is 7.81. The maximum atomic E-state index is 12.6. The maximum Gasteiger partial charge on any atom is 0.237 e. The molecule has 1 unspecified atom stereocenters. The Balaban J connectivity index is 1.76. The lowest BCUT2D eigenvalue weighted by molar-refractivity contribution is -0.115. The SMILES string of the molecule is CCn1c(SC(C)C(=O)Nc2cc(Cl)ccc2Cl)nnc1-c1ccncc1. The molecule has 0 spiro atoms. The van der Waals surface area contributed by atoms with Crippen LogP contribution in [0.2, 0.25) is 10.0 Å². The van der Waals surface area contributed by atoms with Crippen LogP contribution in [0.4, 0.5) is 5.69 Å². The number of rotatable bonds is 6. The van der Waals surface area contributed by atoms with Crippen LogP contribution < -0.4 is 5.32 Å². The predicted octanol–water partition coefficient (Wildman–Crippen LogP) is 4.79. The maximum absolute atomic E-state index is 12.6.